The van der Waals surface area contributed by atoms with Crippen LogP contribution < -0.4 is 5.73 Å². The Morgan fingerprint density at radius 1 is 1.22 bits per heavy atom. The van der Waals surface area contributed by atoms with E-state index in [4.69, 9.17) is 10.5 Å². The SMILES string of the molecule is CCOC(=O)[C@H](CCCCN)N(CC(=O)OC)C(=O)C(F)(F)F. The summed E-state index contributed by atoms with van der Waals surface area (Å²) >= 11 is 0. The van der Waals surface area contributed by atoms with E-state index in [1.54, 1.807) is 0 Å². The number of hydrogen-bond donors (Lipinski definition) is 1. The third-order valence-corrected chi connectivity index (χ3v) is 2.90. The number of methoxy groups -OCH3 is 1. The highest BCUT2D eigenvalue weighted by molar-refractivity contribution is 5.90. The molecule has 0 rings (SSSR count). The molecule has 23 heavy (non-hydrogen) atoms. The molecule has 0 bridgehead atoms. The van der Waals surface area contributed by atoms with Crippen LogP contribution in [0.15, 0.2) is 0 Å². The minimum atomic E-state index is -5.23. The predicted molar refractivity (Wildman–Crippen MR) is 73.1 cm³/mol. The molecular weight excluding hydrogens is 321 g/mol. The lowest BCUT2D eigenvalue weighted by atomic mass is 10.1. The molecule has 0 saturated carbocycles. The van der Waals surface area contributed by atoms with Gasteiger partial charge >= 0.3 is 24.0 Å². The highest BCUT2D eigenvalue weighted by Gasteiger charge is 2.47. The Bertz CT molecular complexity index is 415. The molecule has 0 unspecified atom stereocenters. The van der Waals surface area contributed by atoms with Crippen LogP contribution in [-0.4, -0.2) is 61.8 Å². The highest BCUT2D eigenvalue weighted by Crippen LogP contribution is 2.22. The van der Waals surface area contributed by atoms with Crippen molar-refractivity contribution in [3.05, 3.63) is 0 Å². The summed E-state index contributed by atoms with van der Waals surface area (Å²) in [6, 6.07) is -1.53. The van der Waals surface area contributed by atoms with Crippen LogP contribution in [0.25, 0.3) is 0 Å². The number of nitrogens with two attached hydrogens (primary N) is 1. The number of amides is 1. The van der Waals surface area contributed by atoms with E-state index in [-0.39, 0.29) is 24.5 Å². The number of hydrogen-bond acceptors (Lipinski definition) is 6. The van der Waals surface area contributed by atoms with Crippen molar-refractivity contribution in [1.82, 2.24) is 4.90 Å². The Kier molecular flexibility index (Phi) is 9.23. The van der Waals surface area contributed by atoms with Gasteiger partial charge in [-0.25, -0.2) is 4.79 Å². The molecule has 10 heteroatoms. The van der Waals surface area contributed by atoms with E-state index in [0.717, 1.165) is 7.11 Å². The second-order valence-electron chi connectivity index (χ2n) is 4.56. The van der Waals surface area contributed by atoms with Crippen molar-refractivity contribution >= 4 is 17.8 Å². The third-order valence-electron chi connectivity index (χ3n) is 2.90. The first-order valence-electron chi connectivity index (χ1n) is 7.00. The summed E-state index contributed by atoms with van der Waals surface area (Å²) in [5.74, 6) is -4.38. The average molecular weight is 342 g/mol. The maximum absolute atomic E-state index is 12.7. The van der Waals surface area contributed by atoms with Crippen LogP contribution in [0, 0.1) is 0 Å². The van der Waals surface area contributed by atoms with Crippen LogP contribution >= 0.6 is 0 Å². The second kappa shape index (κ2) is 10.0. The largest absolute Gasteiger partial charge is 0.471 e. The Hall–Kier alpha value is -1.84. The fraction of sp³-hybridized carbons (Fsp3) is 0.769. The number of ether oxygens (including phenoxy) is 2. The number of carbonyl (C=O) groups is 3. The fourth-order valence-corrected chi connectivity index (χ4v) is 1.81. The molecule has 0 aromatic carbocycles. The van der Waals surface area contributed by atoms with Crippen LogP contribution in [-0.2, 0) is 23.9 Å². The first kappa shape index (κ1) is 21.2. The molecule has 2 N–H and O–H groups in total. The van der Waals surface area contributed by atoms with Crippen molar-refractivity contribution < 1.29 is 37.0 Å². The van der Waals surface area contributed by atoms with Gasteiger partial charge in [-0.3, -0.25) is 9.59 Å². The van der Waals surface area contributed by atoms with Gasteiger partial charge in [0.15, 0.2) is 0 Å². The average Bonchev–Trinajstić information content (AvgIpc) is 2.48. The zero-order valence-corrected chi connectivity index (χ0v) is 13.0. The van der Waals surface area contributed by atoms with Gasteiger partial charge in [-0.15, -0.1) is 0 Å². The summed E-state index contributed by atoms with van der Waals surface area (Å²) in [4.78, 5) is 34.9. The van der Waals surface area contributed by atoms with Crippen LogP contribution in [0.2, 0.25) is 0 Å². The smallest absolute Gasteiger partial charge is 0.468 e. The zero-order valence-electron chi connectivity index (χ0n) is 13.0. The number of halogens is 3. The molecule has 0 saturated heterocycles. The number of carbonyl (C=O) groups excluding carboxylic acids is 3. The number of rotatable bonds is 9. The summed E-state index contributed by atoms with van der Waals surface area (Å²) in [7, 11) is 0.965. The van der Waals surface area contributed by atoms with Crippen LogP contribution in [0.3, 0.4) is 0 Å². The van der Waals surface area contributed by atoms with E-state index in [0.29, 0.717) is 12.8 Å². The molecule has 0 aliphatic rings. The van der Waals surface area contributed by atoms with Crippen LogP contribution in [0.5, 0.6) is 0 Å². The minimum absolute atomic E-state index is 0.0709. The summed E-state index contributed by atoms with van der Waals surface area (Å²) in [6.07, 6.45) is -4.59. The molecule has 7 nitrogen and oxygen atoms in total. The van der Waals surface area contributed by atoms with Crippen molar-refractivity contribution in [2.45, 2.75) is 38.4 Å². The summed E-state index contributed by atoms with van der Waals surface area (Å²) < 4.78 is 47.2. The Balaban J connectivity index is 5.44. The van der Waals surface area contributed by atoms with E-state index >= 15 is 0 Å². The third kappa shape index (κ3) is 7.31. The lowest BCUT2D eigenvalue weighted by Gasteiger charge is -2.29. The molecule has 0 spiro atoms. The number of unbranched alkanes of at least 4 members (excludes halogenated alkanes) is 1. The Morgan fingerprint density at radius 3 is 2.26 bits per heavy atom. The van der Waals surface area contributed by atoms with Crippen molar-refractivity contribution in [3.63, 3.8) is 0 Å². The molecule has 1 amide bonds. The molecular formula is C13H21F3N2O5. The first-order chi connectivity index (χ1) is 10.7. The van der Waals surface area contributed by atoms with Gasteiger partial charge in [-0.1, -0.05) is 0 Å². The lowest BCUT2D eigenvalue weighted by Crippen LogP contribution is -2.53. The molecule has 0 aliphatic carbocycles. The van der Waals surface area contributed by atoms with Crippen molar-refractivity contribution in [3.8, 4) is 0 Å². The molecule has 0 fully saturated rings. The number of esters is 2. The van der Waals surface area contributed by atoms with E-state index in [1.165, 1.54) is 6.92 Å². The maximum atomic E-state index is 12.7. The molecule has 0 heterocycles. The highest BCUT2D eigenvalue weighted by atomic mass is 19.4. The Morgan fingerprint density at radius 2 is 1.83 bits per heavy atom. The van der Waals surface area contributed by atoms with Crippen molar-refractivity contribution in [2.75, 3.05) is 26.8 Å². The van der Waals surface area contributed by atoms with Gasteiger partial charge in [0.1, 0.15) is 12.6 Å². The minimum Gasteiger partial charge on any atom is -0.468 e. The maximum Gasteiger partial charge on any atom is 0.471 e. The number of alkyl halides is 3. The second-order valence-corrected chi connectivity index (χ2v) is 4.56. The fourth-order valence-electron chi connectivity index (χ4n) is 1.81. The van der Waals surface area contributed by atoms with Gasteiger partial charge in [0, 0.05) is 0 Å². The zero-order chi connectivity index (χ0) is 18.0. The van der Waals surface area contributed by atoms with Gasteiger partial charge in [0.25, 0.3) is 0 Å². The Labute approximate surface area is 131 Å². The molecule has 0 aromatic rings. The normalized spacial score (nSPS) is 12.4. The van der Waals surface area contributed by atoms with Gasteiger partial charge in [-0.05, 0) is 32.7 Å². The molecule has 1 atom stereocenters. The molecule has 0 radical (unpaired) electrons. The van der Waals surface area contributed by atoms with E-state index in [2.05, 4.69) is 4.74 Å². The van der Waals surface area contributed by atoms with Crippen LogP contribution in [0.4, 0.5) is 13.2 Å². The van der Waals surface area contributed by atoms with Gasteiger partial charge in [0.2, 0.25) is 0 Å². The van der Waals surface area contributed by atoms with E-state index < -0.39 is 36.6 Å². The summed E-state index contributed by atoms with van der Waals surface area (Å²) in [6.45, 7) is 0.685. The standard InChI is InChI=1S/C13H21F3N2O5/c1-3-23-11(20)9(6-4-5-7-17)18(8-10(19)22-2)12(21)13(14,15)16/h9H,3-8,17H2,1-2H3/t9-/m0/s1. The van der Waals surface area contributed by atoms with Crippen molar-refractivity contribution in [1.29, 1.82) is 0 Å². The molecule has 0 aliphatic heterocycles. The van der Waals surface area contributed by atoms with Crippen LogP contribution in [0.1, 0.15) is 26.2 Å². The summed E-state index contributed by atoms with van der Waals surface area (Å²) in [5.41, 5.74) is 5.31. The van der Waals surface area contributed by atoms with Gasteiger partial charge in [-0.2, -0.15) is 13.2 Å². The number of nitrogens with zero attached hydrogens (tertiary/aromatic N) is 1. The van der Waals surface area contributed by atoms with E-state index in [9.17, 15) is 27.6 Å². The first-order valence-corrected chi connectivity index (χ1v) is 7.00. The van der Waals surface area contributed by atoms with Gasteiger partial charge < -0.3 is 20.1 Å². The van der Waals surface area contributed by atoms with E-state index in [1.807, 2.05) is 0 Å². The molecule has 134 valence electrons. The lowest BCUT2D eigenvalue weighted by molar-refractivity contribution is -0.192. The monoisotopic (exact) mass is 342 g/mol. The topological polar surface area (TPSA) is 98.9 Å². The summed E-state index contributed by atoms with van der Waals surface area (Å²) in [5, 5.41) is 0. The van der Waals surface area contributed by atoms with Crippen molar-refractivity contribution in [2.24, 2.45) is 5.73 Å². The predicted octanol–water partition coefficient (Wildman–Crippen LogP) is 0.611. The van der Waals surface area contributed by atoms with Gasteiger partial charge in [0.05, 0.1) is 13.7 Å². The molecule has 0 aromatic heterocycles. The quantitative estimate of drug-likeness (QED) is 0.487.